The van der Waals surface area contributed by atoms with Crippen LogP contribution in [-0.2, 0) is 9.47 Å². The first-order valence-corrected chi connectivity index (χ1v) is 13.3. The van der Waals surface area contributed by atoms with Gasteiger partial charge < -0.3 is 9.47 Å². The molecule has 170 valence electrons. The standard InChI is InChI=1S/C27H50O2/c1-2-3-4-5-6-7-8-9-10-11-12-13-14-15-16-17-18-19-22-28-27-23-25(27)24-29-26-20-21-26/h20,25-27H,1-19,21-24H2. The fourth-order valence-corrected chi connectivity index (χ4v) is 4.20. The predicted molar refractivity (Wildman–Crippen MR) is 125 cm³/mol. The van der Waals surface area contributed by atoms with Crippen molar-refractivity contribution in [3.8, 4) is 0 Å². The van der Waals surface area contributed by atoms with Crippen LogP contribution in [0.3, 0.4) is 0 Å². The number of rotatable bonds is 23. The first kappa shape index (κ1) is 25.2. The van der Waals surface area contributed by atoms with E-state index in [9.17, 15) is 0 Å². The molecule has 0 N–H and O–H groups in total. The molecule has 2 nitrogen and oxygen atoms in total. The third-order valence-corrected chi connectivity index (χ3v) is 6.54. The highest BCUT2D eigenvalue weighted by atomic mass is 16.5. The van der Waals surface area contributed by atoms with Crippen molar-refractivity contribution in [3.63, 3.8) is 0 Å². The van der Waals surface area contributed by atoms with E-state index in [1.54, 1.807) is 0 Å². The Hall–Kier alpha value is -0.0800. The van der Waals surface area contributed by atoms with Gasteiger partial charge in [0.2, 0.25) is 0 Å². The highest BCUT2D eigenvalue weighted by Gasteiger charge is 2.39. The molecule has 0 bridgehead atoms. The van der Waals surface area contributed by atoms with E-state index in [-0.39, 0.29) is 0 Å². The van der Waals surface area contributed by atoms with E-state index >= 15 is 0 Å². The lowest BCUT2D eigenvalue weighted by Crippen LogP contribution is -2.05. The molecule has 2 saturated carbocycles. The van der Waals surface area contributed by atoms with Gasteiger partial charge in [-0.2, -0.15) is 0 Å². The van der Waals surface area contributed by atoms with Crippen molar-refractivity contribution < 1.29 is 9.47 Å². The molecule has 2 aliphatic carbocycles. The highest BCUT2D eigenvalue weighted by molar-refractivity contribution is 4.98. The topological polar surface area (TPSA) is 18.5 Å². The van der Waals surface area contributed by atoms with Crippen LogP contribution in [0.5, 0.6) is 0 Å². The van der Waals surface area contributed by atoms with E-state index in [0.29, 0.717) is 18.1 Å². The Kier molecular flexibility index (Phi) is 15.3. The van der Waals surface area contributed by atoms with Gasteiger partial charge in [0, 0.05) is 12.5 Å². The summed E-state index contributed by atoms with van der Waals surface area (Å²) in [6.45, 7) is 5.80. The maximum atomic E-state index is 5.95. The minimum absolute atomic E-state index is 0.476. The fourth-order valence-electron chi connectivity index (χ4n) is 4.20. The Morgan fingerprint density at radius 2 is 1.07 bits per heavy atom. The number of unbranched alkanes of at least 4 members (excludes halogenated alkanes) is 17. The summed E-state index contributed by atoms with van der Waals surface area (Å²) in [4.78, 5) is 0. The third-order valence-electron chi connectivity index (χ3n) is 6.54. The minimum atomic E-state index is 0.476. The molecule has 2 aliphatic rings. The number of ether oxygens (including phenoxy) is 2. The van der Waals surface area contributed by atoms with Crippen LogP contribution in [0.1, 0.15) is 128 Å². The molecule has 0 saturated heterocycles. The van der Waals surface area contributed by atoms with Crippen LogP contribution in [-0.4, -0.2) is 25.4 Å². The molecule has 0 aromatic carbocycles. The van der Waals surface area contributed by atoms with Crippen LogP contribution >= 0.6 is 0 Å². The zero-order chi connectivity index (χ0) is 20.4. The second-order valence-electron chi connectivity index (χ2n) is 9.61. The van der Waals surface area contributed by atoms with Crippen molar-refractivity contribution in [1.82, 2.24) is 0 Å². The molecule has 2 heteroatoms. The zero-order valence-corrected chi connectivity index (χ0v) is 19.4. The van der Waals surface area contributed by atoms with Gasteiger partial charge in [-0.05, 0) is 25.7 Å². The monoisotopic (exact) mass is 406 g/mol. The van der Waals surface area contributed by atoms with Crippen LogP contribution in [0.2, 0.25) is 0 Å². The molecule has 0 aromatic rings. The molecule has 0 aliphatic heterocycles. The molecule has 2 fully saturated rings. The van der Waals surface area contributed by atoms with Crippen LogP contribution < -0.4 is 0 Å². The number of hydrogen-bond donors (Lipinski definition) is 0. The quantitative estimate of drug-likeness (QED) is 0.159. The second-order valence-corrected chi connectivity index (χ2v) is 9.61. The van der Waals surface area contributed by atoms with Gasteiger partial charge in [0.15, 0.2) is 0 Å². The molecule has 3 unspecified atom stereocenters. The summed E-state index contributed by atoms with van der Waals surface area (Å²) in [6.07, 6.45) is 30.8. The summed E-state index contributed by atoms with van der Waals surface area (Å²) < 4.78 is 11.7. The van der Waals surface area contributed by atoms with Crippen molar-refractivity contribution >= 4 is 0 Å². The smallest absolute Gasteiger partial charge is 0.0630 e. The van der Waals surface area contributed by atoms with Gasteiger partial charge in [0.1, 0.15) is 0 Å². The molecule has 0 heterocycles. The summed E-state index contributed by atoms with van der Waals surface area (Å²) >= 11 is 0. The Bertz CT molecular complexity index is 352. The third kappa shape index (κ3) is 15.4. The maximum Gasteiger partial charge on any atom is 0.0630 e. The Morgan fingerprint density at radius 3 is 1.52 bits per heavy atom. The molecule has 0 spiro atoms. The van der Waals surface area contributed by atoms with Crippen molar-refractivity contribution in [2.45, 2.75) is 141 Å². The maximum absolute atomic E-state index is 5.95. The van der Waals surface area contributed by atoms with E-state index in [2.05, 4.69) is 13.3 Å². The molecular weight excluding hydrogens is 356 g/mol. The van der Waals surface area contributed by atoms with Gasteiger partial charge in [-0.15, -0.1) is 0 Å². The molecular formula is C27H50O2. The van der Waals surface area contributed by atoms with Crippen LogP contribution in [0, 0.1) is 19.3 Å². The molecule has 2 radical (unpaired) electrons. The van der Waals surface area contributed by atoms with Crippen molar-refractivity contribution in [3.05, 3.63) is 13.3 Å². The summed E-state index contributed by atoms with van der Waals surface area (Å²) in [5.41, 5.74) is 0. The van der Waals surface area contributed by atoms with Crippen molar-refractivity contribution in [2.24, 2.45) is 5.92 Å². The van der Waals surface area contributed by atoms with E-state index in [1.807, 2.05) is 0 Å². The SMILES string of the molecule is [CH2]CCCCCCCCCCCCCCCCCCCOC1CC1COC1[CH]C1. The van der Waals surface area contributed by atoms with E-state index in [1.165, 1.54) is 116 Å². The Labute approximate surface area is 182 Å². The lowest BCUT2D eigenvalue weighted by Gasteiger charge is -2.05. The largest absolute Gasteiger partial charge is 0.378 e. The van der Waals surface area contributed by atoms with E-state index < -0.39 is 0 Å². The second kappa shape index (κ2) is 17.6. The summed E-state index contributed by atoms with van der Waals surface area (Å²) in [5.74, 6) is 0.692. The first-order valence-electron chi connectivity index (χ1n) is 13.3. The molecule has 29 heavy (non-hydrogen) atoms. The normalized spacial score (nSPS) is 21.0. The molecule has 3 atom stereocenters. The van der Waals surface area contributed by atoms with Crippen LogP contribution in [0.15, 0.2) is 0 Å². The van der Waals surface area contributed by atoms with Gasteiger partial charge in [-0.25, -0.2) is 0 Å². The van der Waals surface area contributed by atoms with Crippen LogP contribution in [0.4, 0.5) is 0 Å². The van der Waals surface area contributed by atoms with Gasteiger partial charge in [-0.3, -0.25) is 0 Å². The van der Waals surface area contributed by atoms with Crippen molar-refractivity contribution in [1.29, 1.82) is 0 Å². The lowest BCUT2D eigenvalue weighted by atomic mass is 10.0. The average molecular weight is 407 g/mol. The fraction of sp³-hybridized carbons (Fsp3) is 0.926. The summed E-state index contributed by atoms with van der Waals surface area (Å²) in [7, 11) is 0. The van der Waals surface area contributed by atoms with Crippen LogP contribution in [0.25, 0.3) is 0 Å². The average Bonchev–Trinajstić information content (AvgIpc) is 3.64. The first-order chi connectivity index (χ1) is 14.4. The Morgan fingerprint density at radius 1 is 0.621 bits per heavy atom. The Balaban J connectivity index is 1.17. The van der Waals surface area contributed by atoms with Crippen molar-refractivity contribution in [2.75, 3.05) is 13.2 Å². The predicted octanol–water partition coefficient (Wildman–Crippen LogP) is 8.24. The van der Waals surface area contributed by atoms with Gasteiger partial charge in [-0.1, -0.05) is 116 Å². The van der Waals surface area contributed by atoms with Gasteiger partial charge in [0.05, 0.1) is 18.8 Å². The lowest BCUT2D eigenvalue weighted by molar-refractivity contribution is 0.0696. The van der Waals surface area contributed by atoms with E-state index in [0.717, 1.165) is 26.1 Å². The molecule has 0 aromatic heterocycles. The number of hydrogen-bond acceptors (Lipinski definition) is 2. The van der Waals surface area contributed by atoms with E-state index in [4.69, 9.17) is 9.47 Å². The zero-order valence-electron chi connectivity index (χ0n) is 19.4. The molecule has 0 amide bonds. The molecule has 2 rings (SSSR count). The minimum Gasteiger partial charge on any atom is -0.378 e. The highest BCUT2D eigenvalue weighted by Crippen LogP contribution is 2.36. The van der Waals surface area contributed by atoms with Gasteiger partial charge >= 0.3 is 0 Å². The summed E-state index contributed by atoms with van der Waals surface area (Å²) in [6, 6.07) is 0. The summed E-state index contributed by atoms with van der Waals surface area (Å²) in [5, 5.41) is 0. The van der Waals surface area contributed by atoms with Gasteiger partial charge in [0.25, 0.3) is 0 Å².